The van der Waals surface area contributed by atoms with Gasteiger partial charge in [-0.25, -0.2) is 0 Å². The highest BCUT2D eigenvalue weighted by molar-refractivity contribution is 7.37. The van der Waals surface area contributed by atoms with Crippen LogP contribution in [0.15, 0.2) is 72.8 Å². The van der Waals surface area contributed by atoms with Crippen LogP contribution in [0.1, 0.15) is 67.7 Å². The summed E-state index contributed by atoms with van der Waals surface area (Å²) < 4.78 is 21.0. The van der Waals surface area contributed by atoms with Crippen molar-refractivity contribution in [3.05, 3.63) is 72.8 Å². The summed E-state index contributed by atoms with van der Waals surface area (Å²) in [5.74, 6) is 0. The van der Waals surface area contributed by atoms with Crippen LogP contribution < -0.4 is 10.4 Å². The van der Waals surface area contributed by atoms with Gasteiger partial charge in [-0.1, -0.05) is 80.1 Å². The Morgan fingerprint density at radius 1 is 0.875 bits per heavy atom. The molecule has 1 fully saturated rings. The molecular formula is C27H39BO3Si. The third-order valence-corrected chi connectivity index (χ3v) is 11.3. The fourth-order valence-corrected chi connectivity index (χ4v) is 9.11. The molecule has 1 saturated heterocycles. The maximum atomic E-state index is 7.51. The van der Waals surface area contributed by atoms with Gasteiger partial charge >= 0.3 is 6.71 Å². The van der Waals surface area contributed by atoms with E-state index in [2.05, 4.69) is 116 Å². The van der Waals surface area contributed by atoms with Crippen LogP contribution in [0.25, 0.3) is 0 Å². The first-order valence-electron chi connectivity index (χ1n) is 11.8. The van der Waals surface area contributed by atoms with Crippen molar-refractivity contribution in [1.29, 1.82) is 0 Å². The van der Waals surface area contributed by atoms with E-state index in [1.807, 2.05) is 0 Å². The molecule has 0 atom stereocenters. The Morgan fingerprint density at radius 2 is 1.28 bits per heavy atom. The van der Waals surface area contributed by atoms with E-state index in [-0.39, 0.29) is 5.60 Å². The molecule has 2 aromatic carbocycles. The first kappa shape index (κ1) is 25.0. The summed E-state index contributed by atoms with van der Waals surface area (Å²) in [7, 11) is -3.02. The Kier molecular flexibility index (Phi) is 7.26. The number of hydrogen-bond donors (Lipinski definition) is 0. The molecule has 0 unspecified atom stereocenters. The van der Waals surface area contributed by atoms with Crippen LogP contribution in [0.3, 0.4) is 0 Å². The zero-order chi connectivity index (χ0) is 23.6. The van der Waals surface area contributed by atoms with Crippen LogP contribution in [0, 0.1) is 0 Å². The predicted octanol–water partition coefficient (Wildman–Crippen LogP) is 5.46. The molecule has 0 aromatic heterocycles. The van der Waals surface area contributed by atoms with Crippen LogP contribution in [0.5, 0.6) is 0 Å². The van der Waals surface area contributed by atoms with Gasteiger partial charge in [0.15, 0.2) is 0 Å². The fraction of sp³-hybridized carbons (Fsp3) is 0.481. The fourth-order valence-electron chi connectivity index (χ4n) is 4.56. The molecule has 1 heterocycles. The van der Waals surface area contributed by atoms with Crippen molar-refractivity contribution in [3.63, 3.8) is 0 Å². The summed E-state index contributed by atoms with van der Waals surface area (Å²) in [6.45, 7) is 18.7. The zero-order valence-electron chi connectivity index (χ0n) is 20.9. The molecule has 0 spiro atoms. The van der Waals surface area contributed by atoms with E-state index in [0.717, 1.165) is 35.2 Å². The van der Waals surface area contributed by atoms with Crippen molar-refractivity contribution in [2.24, 2.45) is 0 Å². The molecule has 0 N–H and O–H groups in total. The molecule has 32 heavy (non-hydrogen) atoms. The van der Waals surface area contributed by atoms with E-state index in [4.69, 9.17) is 13.7 Å². The highest BCUT2D eigenvalue weighted by Crippen LogP contribution is 2.41. The second-order valence-electron chi connectivity index (χ2n) is 10.2. The van der Waals surface area contributed by atoms with Crippen molar-refractivity contribution >= 4 is 25.3 Å². The Labute approximate surface area is 196 Å². The molecule has 1 aliphatic heterocycles. The first-order valence-corrected chi connectivity index (χ1v) is 13.8. The van der Waals surface area contributed by atoms with Crippen molar-refractivity contribution in [1.82, 2.24) is 0 Å². The van der Waals surface area contributed by atoms with Crippen molar-refractivity contribution in [2.45, 2.75) is 84.5 Å². The molecule has 3 rings (SSSR count). The lowest BCUT2D eigenvalue weighted by molar-refractivity contribution is 0.00578. The molecule has 5 heteroatoms. The summed E-state index contributed by atoms with van der Waals surface area (Å²) in [5, 5.41) is 2.33. The monoisotopic (exact) mass is 450 g/mol. The summed E-state index contributed by atoms with van der Waals surface area (Å²) in [6, 6.07) is 21.2. The zero-order valence-corrected chi connectivity index (χ0v) is 21.9. The molecule has 1 aliphatic rings. The summed E-state index contributed by atoms with van der Waals surface area (Å²) in [5.41, 5.74) is -0.101. The smallest absolute Gasteiger partial charge is 0.404 e. The number of hydrogen-bond acceptors (Lipinski definition) is 3. The van der Waals surface area contributed by atoms with Crippen LogP contribution >= 0.6 is 0 Å². The summed E-state index contributed by atoms with van der Waals surface area (Å²) in [6.07, 6.45) is 2.60. The molecule has 172 valence electrons. The number of rotatable bonds is 9. The molecule has 2 aromatic rings. The third kappa shape index (κ3) is 4.54. The Bertz CT molecular complexity index is 852. The van der Waals surface area contributed by atoms with Crippen molar-refractivity contribution in [2.75, 3.05) is 0 Å². The van der Waals surface area contributed by atoms with Crippen LogP contribution in [0.4, 0.5) is 0 Å². The van der Waals surface area contributed by atoms with Crippen molar-refractivity contribution < 1.29 is 13.7 Å². The molecule has 0 amide bonds. The minimum atomic E-state index is -3.02. The van der Waals surface area contributed by atoms with E-state index in [1.165, 1.54) is 0 Å². The maximum absolute atomic E-state index is 7.51. The van der Waals surface area contributed by atoms with Gasteiger partial charge in [-0.3, -0.25) is 0 Å². The highest BCUT2D eigenvalue weighted by atomic mass is 28.3. The van der Waals surface area contributed by atoms with Gasteiger partial charge in [0.1, 0.15) is 0 Å². The minimum Gasteiger partial charge on any atom is -0.404 e. The van der Waals surface area contributed by atoms with Gasteiger partial charge in [0.25, 0.3) is 8.19 Å². The standard InChI is InChI=1S/C27H39BO3Si/c1-9-27(10-2,21-22(3)4)31-32(23-17-13-11-14-18-23,24-19-15-12-16-20-24)28-29-25(5,6)26(7,8)30-28/h11-20H,3,9-10,21H2,1-2,4-8H3. The first-order chi connectivity index (χ1) is 15.0. The van der Waals surface area contributed by atoms with Crippen LogP contribution in [-0.2, 0) is 13.7 Å². The average Bonchev–Trinajstić information content (AvgIpc) is 2.99. The quantitative estimate of drug-likeness (QED) is 0.375. The van der Waals surface area contributed by atoms with Gasteiger partial charge in [0.2, 0.25) is 0 Å². The highest BCUT2D eigenvalue weighted by Gasteiger charge is 2.65. The topological polar surface area (TPSA) is 27.7 Å². The maximum Gasteiger partial charge on any atom is 0.479 e. The SMILES string of the molecule is C=C(C)CC(CC)(CC)O[Si](B1OC(C)(C)C(C)(C)O1)(c1ccccc1)c1ccccc1. The third-order valence-electron chi connectivity index (χ3n) is 7.28. The van der Waals surface area contributed by atoms with Gasteiger partial charge in [0, 0.05) is 0 Å². The van der Waals surface area contributed by atoms with Crippen molar-refractivity contribution in [3.8, 4) is 0 Å². The minimum absolute atomic E-state index is 0.340. The Hall–Kier alpha value is -1.66. The number of benzene rings is 2. The van der Waals surface area contributed by atoms with E-state index < -0.39 is 26.1 Å². The molecule has 0 bridgehead atoms. The Balaban J connectivity index is 2.29. The predicted molar refractivity (Wildman–Crippen MR) is 138 cm³/mol. The van der Waals surface area contributed by atoms with Gasteiger partial charge < -0.3 is 13.7 Å². The average molecular weight is 451 g/mol. The molecule has 0 saturated carbocycles. The van der Waals surface area contributed by atoms with Crippen LogP contribution in [-0.4, -0.2) is 31.7 Å². The van der Waals surface area contributed by atoms with E-state index in [1.54, 1.807) is 0 Å². The lowest BCUT2D eigenvalue weighted by Gasteiger charge is -2.44. The van der Waals surface area contributed by atoms with Gasteiger partial charge in [-0.05, 0) is 64.3 Å². The molecule has 0 aliphatic carbocycles. The lowest BCUT2D eigenvalue weighted by Crippen LogP contribution is -2.74. The second-order valence-corrected chi connectivity index (χ2v) is 13.5. The van der Waals surface area contributed by atoms with E-state index in [9.17, 15) is 0 Å². The lowest BCUT2D eigenvalue weighted by atomic mass is 9.90. The molecule has 0 radical (unpaired) electrons. The summed E-state index contributed by atoms with van der Waals surface area (Å²) in [4.78, 5) is 0. The van der Waals surface area contributed by atoms with Gasteiger partial charge in [0.05, 0.1) is 16.8 Å². The second kappa shape index (κ2) is 9.30. The summed E-state index contributed by atoms with van der Waals surface area (Å²) >= 11 is 0. The van der Waals surface area contributed by atoms with Gasteiger partial charge in [-0.15, -0.1) is 6.58 Å². The van der Waals surface area contributed by atoms with Crippen LogP contribution in [0.2, 0.25) is 0 Å². The molecule has 3 nitrogen and oxygen atoms in total. The van der Waals surface area contributed by atoms with E-state index in [0.29, 0.717) is 0 Å². The normalized spacial score (nSPS) is 18.0. The largest absolute Gasteiger partial charge is 0.479 e. The Morgan fingerprint density at radius 3 is 1.62 bits per heavy atom. The van der Waals surface area contributed by atoms with E-state index >= 15 is 0 Å². The van der Waals surface area contributed by atoms with Gasteiger partial charge in [-0.2, -0.15) is 0 Å². The molecular weight excluding hydrogens is 411 g/mol.